The smallest absolute Gasteiger partial charge is 0.268 e. The number of nitrogens with one attached hydrogen (secondary N) is 1. The predicted molar refractivity (Wildman–Crippen MR) is 93.6 cm³/mol. The summed E-state index contributed by atoms with van der Waals surface area (Å²) in [5, 5.41) is 3.48. The summed E-state index contributed by atoms with van der Waals surface area (Å²) in [4.78, 5) is 24.0. The summed E-state index contributed by atoms with van der Waals surface area (Å²) in [7, 11) is 0. The van der Waals surface area contributed by atoms with Crippen molar-refractivity contribution in [3.8, 4) is 0 Å². The van der Waals surface area contributed by atoms with E-state index in [-0.39, 0.29) is 17.3 Å². The Balaban J connectivity index is 1.49. The molecular weight excluding hydrogens is 327 g/mol. The molecule has 0 bridgehead atoms. The minimum atomic E-state index is -0.314. The van der Waals surface area contributed by atoms with Crippen LogP contribution in [0, 0.1) is 5.82 Å². The quantitative estimate of drug-likeness (QED) is 0.746. The molecule has 0 saturated carbocycles. The minimum absolute atomic E-state index is 0.00392. The topological polar surface area (TPSA) is 51.1 Å². The number of amides is 1. The van der Waals surface area contributed by atoms with Crippen LogP contribution in [-0.2, 0) is 17.9 Å². The molecule has 0 unspecified atom stereocenters. The van der Waals surface area contributed by atoms with Gasteiger partial charge < -0.3 is 5.32 Å². The standard InChI is InChI=1S/C18H17FN2O2S/c19-14-6-3-5-13(11-14)12-20-17(22)9-4-10-21-18(23)15-7-1-2-8-16(15)24-21/h1-3,5-8,11H,4,9-10,12H2,(H,20,22). The highest BCUT2D eigenvalue weighted by molar-refractivity contribution is 7.13. The molecule has 0 aliphatic rings. The first-order valence-electron chi connectivity index (χ1n) is 7.73. The second kappa shape index (κ2) is 7.40. The van der Waals surface area contributed by atoms with Crippen molar-refractivity contribution in [1.82, 2.24) is 9.27 Å². The van der Waals surface area contributed by atoms with Crippen molar-refractivity contribution in [1.29, 1.82) is 0 Å². The van der Waals surface area contributed by atoms with Gasteiger partial charge in [-0.1, -0.05) is 35.8 Å². The van der Waals surface area contributed by atoms with E-state index in [0.717, 1.165) is 15.6 Å². The largest absolute Gasteiger partial charge is 0.352 e. The Kier molecular flexibility index (Phi) is 5.05. The molecular formula is C18H17FN2O2S. The summed E-state index contributed by atoms with van der Waals surface area (Å²) in [5.41, 5.74) is 0.722. The number of carbonyl (C=O) groups excluding carboxylic acids is 1. The number of fused-ring (bicyclic) bond motifs is 1. The van der Waals surface area contributed by atoms with Crippen LogP contribution in [-0.4, -0.2) is 9.86 Å². The van der Waals surface area contributed by atoms with E-state index in [0.29, 0.717) is 25.9 Å². The Morgan fingerprint density at radius 1 is 1.17 bits per heavy atom. The van der Waals surface area contributed by atoms with E-state index >= 15 is 0 Å². The molecule has 124 valence electrons. The van der Waals surface area contributed by atoms with Gasteiger partial charge in [0.1, 0.15) is 5.82 Å². The third kappa shape index (κ3) is 3.89. The second-order valence-corrected chi connectivity index (χ2v) is 6.57. The summed E-state index contributed by atoms with van der Waals surface area (Å²) in [6, 6.07) is 13.6. The fourth-order valence-electron chi connectivity index (χ4n) is 2.48. The summed E-state index contributed by atoms with van der Waals surface area (Å²) >= 11 is 1.42. The number of aromatic nitrogens is 1. The molecule has 3 rings (SSSR count). The van der Waals surface area contributed by atoms with E-state index < -0.39 is 0 Å². The van der Waals surface area contributed by atoms with Gasteiger partial charge >= 0.3 is 0 Å². The van der Waals surface area contributed by atoms with Gasteiger partial charge in [-0.15, -0.1) is 0 Å². The first-order chi connectivity index (χ1) is 11.6. The van der Waals surface area contributed by atoms with Gasteiger partial charge in [-0.25, -0.2) is 4.39 Å². The number of hydrogen-bond donors (Lipinski definition) is 1. The SMILES string of the molecule is O=C(CCCn1sc2ccccc2c1=O)NCc1cccc(F)c1. The Morgan fingerprint density at radius 3 is 2.79 bits per heavy atom. The van der Waals surface area contributed by atoms with Crippen LogP contribution in [0.25, 0.3) is 10.1 Å². The van der Waals surface area contributed by atoms with Crippen LogP contribution < -0.4 is 10.9 Å². The number of rotatable bonds is 6. The van der Waals surface area contributed by atoms with Crippen LogP contribution in [0.5, 0.6) is 0 Å². The Hall–Kier alpha value is -2.47. The highest BCUT2D eigenvalue weighted by Gasteiger charge is 2.08. The zero-order valence-electron chi connectivity index (χ0n) is 13.0. The fraction of sp³-hybridized carbons (Fsp3) is 0.222. The van der Waals surface area contributed by atoms with Crippen LogP contribution >= 0.6 is 11.5 Å². The van der Waals surface area contributed by atoms with E-state index in [2.05, 4.69) is 5.32 Å². The van der Waals surface area contributed by atoms with Gasteiger partial charge in [0, 0.05) is 19.5 Å². The fourth-order valence-corrected chi connectivity index (χ4v) is 3.52. The number of carbonyl (C=O) groups is 1. The maximum Gasteiger partial charge on any atom is 0.268 e. The van der Waals surface area contributed by atoms with E-state index in [1.165, 1.54) is 23.7 Å². The van der Waals surface area contributed by atoms with Crippen molar-refractivity contribution in [3.63, 3.8) is 0 Å². The van der Waals surface area contributed by atoms with E-state index in [4.69, 9.17) is 0 Å². The lowest BCUT2D eigenvalue weighted by atomic mass is 10.2. The third-order valence-corrected chi connectivity index (χ3v) is 4.82. The zero-order chi connectivity index (χ0) is 16.9. The van der Waals surface area contributed by atoms with Crippen LogP contribution in [0.1, 0.15) is 18.4 Å². The monoisotopic (exact) mass is 344 g/mol. The van der Waals surface area contributed by atoms with Crippen LogP contribution in [0.3, 0.4) is 0 Å². The first kappa shape index (κ1) is 16.4. The molecule has 0 atom stereocenters. The first-order valence-corrected chi connectivity index (χ1v) is 8.51. The normalized spacial score (nSPS) is 10.9. The maximum absolute atomic E-state index is 13.1. The zero-order valence-corrected chi connectivity index (χ0v) is 13.8. The number of nitrogens with zero attached hydrogens (tertiary/aromatic N) is 1. The van der Waals surface area contributed by atoms with Gasteiger partial charge in [-0.3, -0.25) is 13.5 Å². The van der Waals surface area contributed by atoms with Crippen LogP contribution in [0.15, 0.2) is 53.3 Å². The molecule has 1 aromatic heterocycles. The average molecular weight is 344 g/mol. The van der Waals surface area contributed by atoms with Crippen molar-refractivity contribution in [2.45, 2.75) is 25.9 Å². The molecule has 1 amide bonds. The molecule has 6 heteroatoms. The molecule has 0 saturated heterocycles. The molecule has 0 aliphatic carbocycles. The molecule has 0 spiro atoms. The van der Waals surface area contributed by atoms with Gasteiger partial charge in [0.25, 0.3) is 5.56 Å². The van der Waals surface area contributed by atoms with Crippen molar-refractivity contribution >= 4 is 27.5 Å². The summed E-state index contributed by atoms with van der Waals surface area (Å²) < 4.78 is 15.7. The summed E-state index contributed by atoms with van der Waals surface area (Å²) in [6.07, 6.45) is 0.914. The lowest BCUT2D eigenvalue weighted by Gasteiger charge is -2.05. The molecule has 4 nitrogen and oxygen atoms in total. The highest BCUT2D eigenvalue weighted by atomic mass is 32.1. The average Bonchev–Trinajstić information content (AvgIpc) is 2.90. The van der Waals surface area contributed by atoms with Crippen LogP contribution in [0.2, 0.25) is 0 Å². The van der Waals surface area contributed by atoms with Gasteiger partial charge in [0.2, 0.25) is 5.91 Å². The summed E-state index contributed by atoms with van der Waals surface area (Å²) in [6.45, 7) is 0.824. The van der Waals surface area contributed by atoms with Gasteiger partial charge in [-0.2, -0.15) is 0 Å². The number of benzene rings is 2. The Morgan fingerprint density at radius 2 is 2.00 bits per heavy atom. The molecule has 24 heavy (non-hydrogen) atoms. The van der Waals surface area contributed by atoms with Crippen LogP contribution in [0.4, 0.5) is 4.39 Å². The van der Waals surface area contributed by atoms with E-state index in [1.807, 2.05) is 24.3 Å². The van der Waals surface area contributed by atoms with Gasteiger partial charge in [0.05, 0.1) is 10.1 Å². The van der Waals surface area contributed by atoms with Crippen molar-refractivity contribution in [2.24, 2.45) is 0 Å². The number of aryl methyl sites for hydroxylation is 1. The molecule has 2 aromatic carbocycles. The van der Waals surface area contributed by atoms with Gasteiger partial charge in [-0.05, 0) is 36.2 Å². The third-order valence-electron chi connectivity index (χ3n) is 3.70. The van der Waals surface area contributed by atoms with Gasteiger partial charge in [0.15, 0.2) is 0 Å². The lowest BCUT2D eigenvalue weighted by Crippen LogP contribution is -2.23. The Labute approximate surface area is 142 Å². The molecule has 3 aromatic rings. The van der Waals surface area contributed by atoms with E-state index in [9.17, 15) is 14.0 Å². The summed E-state index contributed by atoms with van der Waals surface area (Å²) in [5.74, 6) is -0.417. The Bertz CT molecular complexity index is 917. The number of hydrogen-bond acceptors (Lipinski definition) is 3. The van der Waals surface area contributed by atoms with Crippen molar-refractivity contribution in [3.05, 3.63) is 70.3 Å². The maximum atomic E-state index is 13.1. The molecule has 1 heterocycles. The lowest BCUT2D eigenvalue weighted by molar-refractivity contribution is -0.121. The molecule has 0 radical (unpaired) electrons. The predicted octanol–water partition coefficient (Wildman–Crippen LogP) is 3.30. The second-order valence-electron chi connectivity index (χ2n) is 5.50. The number of halogens is 1. The minimum Gasteiger partial charge on any atom is -0.352 e. The van der Waals surface area contributed by atoms with Crippen molar-refractivity contribution in [2.75, 3.05) is 0 Å². The highest BCUT2D eigenvalue weighted by Crippen LogP contribution is 2.16. The molecule has 0 fully saturated rings. The molecule has 1 N–H and O–H groups in total. The van der Waals surface area contributed by atoms with Crippen molar-refractivity contribution < 1.29 is 9.18 Å². The molecule has 0 aliphatic heterocycles. The van der Waals surface area contributed by atoms with E-state index in [1.54, 1.807) is 16.1 Å².